The predicted molar refractivity (Wildman–Crippen MR) is 83.9 cm³/mol. The Hall–Kier alpha value is -1.37. The molecule has 2 rings (SSSR count). The molecule has 1 aromatic rings. The zero-order chi connectivity index (χ0) is 15.8. The van der Waals surface area contributed by atoms with Crippen molar-refractivity contribution in [1.29, 1.82) is 0 Å². The van der Waals surface area contributed by atoms with Crippen molar-refractivity contribution in [3.8, 4) is 0 Å². The Morgan fingerprint density at radius 2 is 1.81 bits per heavy atom. The molecule has 1 heterocycles. The molecule has 0 aliphatic carbocycles. The van der Waals surface area contributed by atoms with Crippen LogP contribution in [0.1, 0.15) is 33.3 Å². The molecular weight excluding hydrogens is 270 g/mol. The maximum Gasteiger partial charge on any atom is 0.491 e. The first-order chi connectivity index (χ1) is 9.66. The number of rotatable bonds is 3. The molecule has 0 unspecified atom stereocenters. The summed E-state index contributed by atoms with van der Waals surface area (Å²) < 4.78 is 25.3. The third kappa shape index (κ3) is 3.12. The summed E-state index contributed by atoms with van der Waals surface area (Å²) in [6.45, 7) is 8.12. The van der Waals surface area contributed by atoms with Gasteiger partial charge in [-0.3, -0.25) is 0 Å². The van der Waals surface area contributed by atoms with Gasteiger partial charge in [-0.05, 0) is 56.9 Å². The molecule has 0 atom stereocenters. The summed E-state index contributed by atoms with van der Waals surface area (Å²) in [5.41, 5.74) is 12.6. The molecule has 1 fully saturated rings. The van der Waals surface area contributed by atoms with Crippen LogP contribution in [-0.4, -0.2) is 24.9 Å². The minimum absolute atomic E-state index is 0.243. The van der Waals surface area contributed by atoms with Crippen molar-refractivity contribution in [2.75, 3.05) is 12.3 Å². The summed E-state index contributed by atoms with van der Waals surface area (Å²) in [5.74, 6) is -0.347. The normalized spacial score (nSPS) is 20.9. The number of nitrogen functional groups attached to an aromatic ring is 1. The fourth-order valence-electron chi connectivity index (χ4n) is 2.09. The second-order valence-electron chi connectivity index (χ2n) is 6.28. The van der Waals surface area contributed by atoms with Crippen molar-refractivity contribution in [2.24, 2.45) is 5.73 Å². The lowest BCUT2D eigenvalue weighted by atomic mass is 9.77. The molecule has 0 aromatic heterocycles. The fourth-order valence-corrected chi connectivity index (χ4v) is 2.09. The van der Waals surface area contributed by atoms with E-state index in [9.17, 15) is 4.39 Å². The molecular formula is C15H22BFN2O2. The molecule has 0 spiro atoms. The third-order valence-corrected chi connectivity index (χ3v) is 4.18. The number of halogens is 1. The van der Waals surface area contributed by atoms with Gasteiger partial charge in [-0.15, -0.1) is 0 Å². The fraction of sp³-hybridized carbons (Fsp3) is 0.467. The Morgan fingerprint density at radius 3 is 2.33 bits per heavy atom. The number of hydrogen-bond acceptors (Lipinski definition) is 4. The quantitative estimate of drug-likeness (QED) is 0.663. The zero-order valence-corrected chi connectivity index (χ0v) is 12.9. The van der Waals surface area contributed by atoms with Crippen LogP contribution >= 0.6 is 0 Å². The van der Waals surface area contributed by atoms with Crippen molar-refractivity contribution < 1.29 is 13.7 Å². The van der Waals surface area contributed by atoms with Gasteiger partial charge < -0.3 is 20.8 Å². The molecule has 1 aromatic carbocycles. The van der Waals surface area contributed by atoms with E-state index in [1.54, 1.807) is 6.08 Å². The highest BCUT2D eigenvalue weighted by Gasteiger charge is 2.52. The highest BCUT2D eigenvalue weighted by atomic mass is 19.1. The van der Waals surface area contributed by atoms with E-state index >= 15 is 0 Å². The van der Waals surface area contributed by atoms with Gasteiger partial charge in [0.25, 0.3) is 0 Å². The largest absolute Gasteiger partial charge is 0.491 e. The van der Waals surface area contributed by atoms with E-state index in [2.05, 4.69) is 0 Å². The van der Waals surface area contributed by atoms with Crippen LogP contribution in [0.3, 0.4) is 0 Å². The molecule has 1 aliphatic heterocycles. The third-order valence-electron chi connectivity index (χ3n) is 4.18. The summed E-state index contributed by atoms with van der Waals surface area (Å²) in [6, 6.07) is 4.22. The van der Waals surface area contributed by atoms with Gasteiger partial charge in [0.15, 0.2) is 0 Å². The van der Waals surface area contributed by atoms with E-state index < -0.39 is 18.3 Å². The minimum atomic E-state index is -0.553. The lowest BCUT2D eigenvalue weighted by molar-refractivity contribution is 0.00578. The van der Waals surface area contributed by atoms with Crippen LogP contribution in [0.5, 0.6) is 0 Å². The van der Waals surface area contributed by atoms with Gasteiger partial charge in [0.05, 0.1) is 11.2 Å². The van der Waals surface area contributed by atoms with E-state index in [1.165, 1.54) is 18.2 Å². The summed E-state index contributed by atoms with van der Waals surface area (Å²) in [4.78, 5) is 0. The molecule has 0 bridgehead atoms. The number of nitrogens with two attached hydrogens (primary N) is 2. The van der Waals surface area contributed by atoms with Crippen LogP contribution in [0.15, 0.2) is 23.7 Å². The van der Waals surface area contributed by atoms with Gasteiger partial charge >= 0.3 is 7.12 Å². The Labute approximate surface area is 125 Å². The summed E-state index contributed by atoms with van der Waals surface area (Å²) >= 11 is 0. The highest BCUT2D eigenvalue weighted by molar-refractivity contribution is 6.56. The van der Waals surface area contributed by atoms with Gasteiger partial charge in [-0.2, -0.15) is 0 Å². The zero-order valence-electron chi connectivity index (χ0n) is 12.9. The maximum absolute atomic E-state index is 13.3. The van der Waals surface area contributed by atoms with Crippen molar-refractivity contribution in [3.05, 3.63) is 35.1 Å². The molecule has 4 N–H and O–H groups in total. The predicted octanol–water partition coefficient (Wildman–Crippen LogP) is 2.38. The van der Waals surface area contributed by atoms with Crippen molar-refractivity contribution in [3.63, 3.8) is 0 Å². The first kappa shape index (κ1) is 16.0. The highest BCUT2D eigenvalue weighted by Crippen LogP contribution is 2.38. The Balaban J connectivity index is 2.33. The second kappa shape index (κ2) is 5.44. The minimum Gasteiger partial charge on any atom is -0.400 e. The summed E-state index contributed by atoms with van der Waals surface area (Å²) in [6.07, 6.45) is 1.74. The monoisotopic (exact) mass is 292 g/mol. The molecule has 0 radical (unpaired) electrons. The Kier molecular flexibility index (Phi) is 4.15. The van der Waals surface area contributed by atoms with Crippen molar-refractivity contribution in [1.82, 2.24) is 0 Å². The van der Waals surface area contributed by atoms with Crippen LogP contribution in [0.25, 0.3) is 6.08 Å². The van der Waals surface area contributed by atoms with E-state index in [0.717, 1.165) is 5.47 Å². The van der Waals surface area contributed by atoms with Crippen LogP contribution in [0, 0.1) is 5.82 Å². The Morgan fingerprint density at radius 1 is 1.24 bits per heavy atom. The maximum atomic E-state index is 13.3. The van der Waals surface area contributed by atoms with Gasteiger partial charge in [-0.1, -0.05) is 6.08 Å². The molecule has 114 valence electrons. The van der Waals surface area contributed by atoms with Gasteiger partial charge in [-0.25, -0.2) is 4.39 Å². The van der Waals surface area contributed by atoms with Crippen molar-refractivity contribution >= 4 is 18.9 Å². The second-order valence-corrected chi connectivity index (χ2v) is 6.28. The van der Waals surface area contributed by atoms with E-state index in [4.69, 9.17) is 20.8 Å². The Bertz CT molecular complexity index is 557. The molecule has 0 amide bonds. The van der Waals surface area contributed by atoms with Gasteiger partial charge in [0, 0.05) is 12.2 Å². The lowest BCUT2D eigenvalue weighted by Gasteiger charge is -2.32. The van der Waals surface area contributed by atoms with E-state index in [0.29, 0.717) is 11.3 Å². The molecule has 0 saturated carbocycles. The average Bonchev–Trinajstić information content (AvgIpc) is 2.59. The summed E-state index contributed by atoms with van der Waals surface area (Å²) in [5, 5.41) is 0. The topological polar surface area (TPSA) is 70.5 Å². The van der Waals surface area contributed by atoms with Crippen LogP contribution in [0.2, 0.25) is 0 Å². The number of anilines is 1. The van der Waals surface area contributed by atoms with Crippen molar-refractivity contribution in [2.45, 2.75) is 38.9 Å². The molecule has 1 aliphatic rings. The molecule has 21 heavy (non-hydrogen) atoms. The average molecular weight is 292 g/mol. The van der Waals surface area contributed by atoms with Crippen LogP contribution in [0.4, 0.5) is 10.1 Å². The summed E-state index contributed by atoms with van der Waals surface area (Å²) in [7, 11) is -0.553. The molecule has 1 saturated heterocycles. The number of hydrogen-bond donors (Lipinski definition) is 2. The first-order valence-corrected chi connectivity index (χ1v) is 6.97. The standard InChI is InChI=1S/C15H22BFN2O2/c1-14(2)15(3,4)21-16(20-14)11(9-18)7-10-8-12(17)5-6-13(10)19/h5-8H,9,18-19H2,1-4H3. The smallest absolute Gasteiger partial charge is 0.400 e. The van der Waals surface area contributed by atoms with Crippen LogP contribution in [-0.2, 0) is 9.31 Å². The van der Waals surface area contributed by atoms with E-state index in [1.807, 2.05) is 27.7 Å². The van der Waals surface area contributed by atoms with E-state index in [-0.39, 0.29) is 12.4 Å². The van der Waals surface area contributed by atoms with Gasteiger partial charge in [0.1, 0.15) is 5.82 Å². The van der Waals surface area contributed by atoms with Gasteiger partial charge in [0.2, 0.25) is 0 Å². The van der Waals surface area contributed by atoms with Crippen LogP contribution < -0.4 is 11.5 Å². The first-order valence-electron chi connectivity index (χ1n) is 6.97. The SMILES string of the molecule is CC1(C)OB(C(=Cc2cc(F)ccc2N)CN)OC1(C)C. The molecule has 4 nitrogen and oxygen atoms in total. The molecule has 6 heteroatoms. The lowest BCUT2D eigenvalue weighted by Crippen LogP contribution is -2.41. The number of benzene rings is 1.